The lowest BCUT2D eigenvalue weighted by Crippen LogP contribution is -2.29. The van der Waals surface area contributed by atoms with Crippen molar-refractivity contribution in [1.82, 2.24) is 0 Å². The molecule has 1 N–H and O–H groups in total. The molecule has 0 aromatic heterocycles. The minimum absolute atomic E-state index is 0.204. The molecule has 0 heterocycles. The molecule has 0 aliphatic rings. The summed E-state index contributed by atoms with van der Waals surface area (Å²) in [6.07, 6.45) is -0.204. The molecule has 0 bridgehead atoms. The fraction of sp³-hybridized carbons (Fsp3) is 0.300. The van der Waals surface area contributed by atoms with Gasteiger partial charge in [0.05, 0.1) is 17.6 Å². The average Bonchev–Trinajstić information content (AvgIpc) is 2.62. The molecule has 5 nitrogen and oxygen atoms in total. The first kappa shape index (κ1) is 18.7. The Morgan fingerprint density at radius 2 is 1.48 bits per heavy atom. The van der Waals surface area contributed by atoms with Gasteiger partial charge in [0, 0.05) is 6.61 Å². The minimum Gasteiger partial charge on any atom is -0.478 e. The summed E-state index contributed by atoms with van der Waals surface area (Å²) in [5.74, 6) is -1.18. The van der Waals surface area contributed by atoms with Crippen LogP contribution in [0.4, 0.5) is 0 Å². The fourth-order valence-corrected chi connectivity index (χ4v) is 2.33. The number of carbonyl (C=O) groups excluding carboxylic acids is 1. The Morgan fingerprint density at radius 3 is 1.96 bits per heavy atom. The van der Waals surface area contributed by atoms with Crippen molar-refractivity contribution in [2.24, 2.45) is 5.92 Å². The van der Waals surface area contributed by atoms with E-state index in [1.165, 1.54) is 0 Å². The summed E-state index contributed by atoms with van der Waals surface area (Å²) >= 11 is 0. The van der Waals surface area contributed by atoms with E-state index in [1.54, 1.807) is 43.3 Å². The number of esters is 1. The molecule has 2 aromatic rings. The van der Waals surface area contributed by atoms with Crippen molar-refractivity contribution in [2.75, 3.05) is 6.61 Å². The molecule has 0 aliphatic carbocycles. The highest BCUT2D eigenvalue weighted by atomic mass is 16.5. The lowest BCUT2D eigenvalue weighted by atomic mass is 10.0. The zero-order valence-electron chi connectivity index (χ0n) is 14.6. The van der Waals surface area contributed by atoms with Crippen LogP contribution >= 0.6 is 0 Å². The topological polar surface area (TPSA) is 72.8 Å². The lowest BCUT2D eigenvalue weighted by Gasteiger charge is -2.18. The molecule has 0 radical (unpaired) electrons. The Hall–Kier alpha value is -2.66. The molecule has 5 heteroatoms. The Balaban J connectivity index is 2.04. The van der Waals surface area contributed by atoms with Crippen molar-refractivity contribution in [3.05, 3.63) is 54.1 Å². The van der Waals surface area contributed by atoms with Gasteiger partial charge in [-0.2, -0.15) is 0 Å². The number of carbonyl (C=O) groups is 2. The smallest absolute Gasteiger partial charge is 0.335 e. The highest BCUT2D eigenvalue weighted by Gasteiger charge is 2.22. The fourth-order valence-electron chi connectivity index (χ4n) is 2.33. The van der Waals surface area contributed by atoms with Gasteiger partial charge in [-0.1, -0.05) is 24.3 Å². The molecule has 0 aliphatic heterocycles. The highest BCUT2D eigenvalue weighted by molar-refractivity contribution is 5.88. The quantitative estimate of drug-likeness (QED) is 0.608. The van der Waals surface area contributed by atoms with Gasteiger partial charge in [0.2, 0.25) is 0 Å². The number of hydrogen-bond acceptors (Lipinski definition) is 4. The number of benzene rings is 2. The van der Waals surface area contributed by atoms with Gasteiger partial charge < -0.3 is 14.6 Å². The molecule has 0 fully saturated rings. The SMILES string of the molecule is CCO[C@@H](C)[C@@H](C)C(=O)Oc1ccc(-c2ccc(C(=O)O)cc2)cc1. The van der Waals surface area contributed by atoms with Crippen molar-refractivity contribution in [1.29, 1.82) is 0 Å². The third-order valence-corrected chi connectivity index (χ3v) is 4.04. The number of carboxylic acid groups (broad SMARTS) is 1. The number of rotatable bonds is 7. The van der Waals surface area contributed by atoms with Crippen LogP contribution in [0.2, 0.25) is 0 Å². The molecule has 0 saturated heterocycles. The molecule has 0 saturated carbocycles. The van der Waals surface area contributed by atoms with Crippen LogP contribution in [0.25, 0.3) is 11.1 Å². The van der Waals surface area contributed by atoms with E-state index in [1.807, 2.05) is 26.0 Å². The van der Waals surface area contributed by atoms with Crippen molar-refractivity contribution < 1.29 is 24.2 Å². The van der Waals surface area contributed by atoms with Gasteiger partial charge in [0.15, 0.2) is 0 Å². The van der Waals surface area contributed by atoms with Gasteiger partial charge in [-0.15, -0.1) is 0 Å². The van der Waals surface area contributed by atoms with E-state index in [2.05, 4.69) is 0 Å². The Labute approximate surface area is 147 Å². The number of carboxylic acids is 1. The summed E-state index contributed by atoms with van der Waals surface area (Å²) in [5.41, 5.74) is 2.04. The van der Waals surface area contributed by atoms with Crippen LogP contribution in [-0.2, 0) is 9.53 Å². The predicted molar refractivity (Wildman–Crippen MR) is 94.7 cm³/mol. The van der Waals surface area contributed by atoms with Crippen molar-refractivity contribution >= 4 is 11.9 Å². The summed E-state index contributed by atoms with van der Waals surface area (Å²) in [7, 11) is 0. The van der Waals surface area contributed by atoms with Gasteiger partial charge >= 0.3 is 11.9 Å². The molecular weight excluding hydrogens is 320 g/mol. The number of hydrogen-bond donors (Lipinski definition) is 1. The van der Waals surface area contributed by atoms with Crippen molar-refractivity contribution in [2.45, 2.75) is 26.9 Å². The largest absolute Gasteiger partial charge is 0.478 e. The third-order valence-electron chi connectivity index (χ3n) is 4.04. The van der Waals surface area contributed by atoms with Gasteiger partial charge in [-0.25, -0.2) is 4.79 Å². The maximum absolute atomic E-state index is 12.1. The Kier molecular flexibility index (Phi) is 6.31. The monoisotopic (exact) mass is 342 g/mol. The molecule has 25 heavy (non-hydrogen) atoms. The lowest BCUT2D eigenvalue weighted by molar-refractivity contribution is -0.143. The van der Waals surface area contributed by atoms with E-state index in [-0.39, 0.29) is 23.6 Å². The van der Waals surface area contributed by atoms with E-state index in [4.69, 9.17) is 14.6 Å². The zero-order valence-corrected chi connectivity index (χ0v) is 14.6. The second-order valence-corrected chi connectivity index (χ2v) is 5.78. The van der Waals surface area contributed by atoms with Crippen LogP contribution in [0.1, 0.15) is 31.1 Å². The minimum atomic E-state index is -0.954. The number of aromatic carboxylic acids is 1. The molecular formula is C20H22O5. The molecule has 132 valence electrons. The maximum Gasteiger partial charge on any atom is 0.335 e. The van der Waals surface area contributed by atoms with Crippen LogP contribution in [0.15, 0.2) is 48.5 Å². The molecule has 0 amide bonds. The number of ether oxygens (including phenoxy) is 2. The summed E-state index contributed by atoms with van der Waals surface area (Å²) in [6.45, 7) is 6.06. The second-order valence-electron chi connectivity index (χ2n) is 5.78. The van der Waals surface area contributed by atoms with Gasteiger partial charge in [-0.05, 0) is 56.2 Å². The van der Waals surface area contributed by atoms with Crippen LogP contribution in [0.3, 0.4) is 0 Å². The van der Waals surface area contributed by atoms with E-state index in [0.29, 0.717) is 12.4 Å². The molecule has 0 spiro atoms. The molecule has 2 atom stereocenters. The van der Waals surface area contributed by atoms with E-state index < -0.39 is 5.97 Å². The summed E-state index contributed by atoms with van der Waals surface area (Å²) < 4.78 is 10.8. The molecule has 2 rings (SSSR count). The Bertz CT molecular complexity index is 719. The van der Waals surface area contributed by atoms with E-state index in [9.17, 15) is 9.59 Å². The van der Waals surface area contributed by atoms with E-state index >= 15 is 0 Å². The van der Waals surface area contributed by atoms with Crippen LogP contribution in [-0.4, -0.2) is 29.8 Å². The predicted octanol–water partition coefficient (Wildman–Crippen LogP) is 4.02. The maximum atomic E-state index is 12.1. The van der Waals surface area contributed by atoms with Gasteiger partial charge in [-0.3, -0.25) is 4.79 Å². The summed E-state index contributed by atoms with van der Waals surface area (Å²) in [5, 5.41) is 8.93. The zero-order chi connectivity index (χ0) is 18.4. The molecule has 0 unspecified atom stereocenters. The summed E-state index contributed by atoms with van der Waals surface area (Å²) in [6, 6.07) is 13.7. The van der Waals surface area contributed by atoms with Crippen molar-refractivity contribution in [3.63, 3.8) is 0 Å². The van der Waals surface area contributed by atoms with Crippen LogP contribution < -0.4 is 4.74 Å². The van der Waals surface area contributed by atoms with Gasteiger partial charge in [0.25, 0.3) is 0 Å². The van der Waals surface area contributed by atoms with Crippen molar-refractivity contribution in [3.8, 4) is 16.9 Å². The van der Waals surface area contributed by atoms with Gasteiger partial charge in [0.1, 0.15) is 5.75 Å². The Morgan fingerprint density at radius 1 is 0.960 bits per heavy atom. The first-order valence-electron chi connectivity index (χ1n) is 8.19. The first-order valence-corrected chi connectivity index (χ1v) is 8.19. The highest BCUT2D eigenvalue weighted by Crippen LogP contribution is 2.23. The second kappa shape index (κ2) is 8.44. The standard InChI is InChI=1S/C20H22O5/c1-4-24-14(3)13(2)20(23)25-18-11-9-16(10-12-18)15-5-7-17(8-6-15)19(21)22/h5-14H,4H2,1-3H3,(H,21,22)/t13-,14+/m1/s1. The van der Waals surface area contributed by atoms with Crippen LogP contribution in [0, 0.1) is 5.92 Å². The first-order chi connectivity index (χ1) is 11.9. The summed E-state index contributed by atoms with van der Waals surface area (Å²) in [4.78, 5) is 23.0. The normalized spacial score (nSPS) is 13.1. The van der Waals surface area contributed by atoms with Crippen LogP contribution in [0.5, 0.6) is 5.75 Å². The average molecular weight is 342 g/mol. The van der Waals surface area contributed by atoms with E-state index in [0.717, 1.165) is 11.1 Å². The third kappa shape index (κ3) is 4.90. The molecule has 2 aromatic carbocycles.